The molecule has 0 aromatic heterocycles. The minimum atomic E-state index is -1.00. The normalized spacial score (nSPS) is 14.4. The molecule has 0 heterocycles. The number of aliphatic hydroxyl groups is 2. The Morgan fingerprint density at radius 2 is 1.91 bits per heavy atom. The van der Waals surface area contributed by atoms with E-state index in [0.29, 0.717) is 0 Å². The quantitative estimate of drug-likeness (QED) is 0.431. The Balaban J connectivity index is 0. The largest absolute Gasteiger partial charge is 0.395 e. The highest BCUT2D eigenvalue weighted by atomic mass is 16.3. The molecule has 4 nitrogen and oxygen atoms in total. The van der Waals surface area contributed by atoms with E-state index in [-0.39, 0.29) is 12.3 Å². The third-order valence-corrected chi connectivity index (χ3v) is 1.06. The van der Waals surface area contributed by atoms with Crippen LogP contribution in [0, 0.1) is 5.41 Å². The van der Waals surface area contributed by atoms with Crippen LogP contribution in [0.5, 0.6) is 0 Å². The molecular weight excluding hydrogens is 144 g/mol. The minimum Gasteiger partial charge on any atom is -0.395 e. The summed E-state index contributed by atoms with van der Waals surface area (Å²) >= 11 is 0. The van der Waals surface area contributed by atoms with E-state index in [9.17, 15) is 0 Å². The molecule has 2 atom stereocenters. The summed E-state index contributed by atoms with van der Waals surface area (Å²) in [4.78, 5) is 0. The van der Waals surface area contributed by atoms with Crippen LogP contribution in [-0.2, 0) is 0 Å². The first-order chi connectivity index (χ1) is 5.09. The monoisotopic (exact) mass is 162 g/mol. The highest BCUT2D eigenvalue weighted by Gasteiger charge is 2.14. The Morgan fingerprint density at radius 3 is 2.00 bits per heavy atom. The lowest BCUT2D eigenvalue weighted by Gasteiger charge is -2.14. The van der Waals surface area contributed by atoms with Crippen LogP contribution in [-0.4, -0.2) is 34.7 Å². The summed E-state index contributed by atoms with van der Waals surface area (Å²) in [7, 11) is 0. The van der Waals surface area contributed by atoms with E-state index in [2.05, 4.69) is 0 Å². The third-order valence-electron chi connectivity index (χ3n) is 1.06. The predicted molar refractivity (Wildman–Crippen MR) is 45.8 cm³/mol. The van der Waals surface area contributed by atoms with Gasteiger partial charge in [0.2, 0.25) is 0 Å². The Kier molecular flexibility index (Phi) is 9.16. The van der Waals surface area contributed by atoms with Crippen LogP contribution in [0.2, 0.25) is 0 Å². The van der Waals surface area contributed by atoms with E-state index in [1.807, 2.05) is 13.8 Å². The van der Waals surface area contributed by atoms with Crippen LogP contribution in [0.3, 0.4) is 0 Å². The Labute approximate surface area is 67.5 Å². The Hall–Kier alpha value is -0.450. The van der Waals surface area contributed by atoms with Crippen molar-refractivity contribution in [2.24, 2.45) is 5.73 Å². The highest BCUT2D eigenvalue weighted by molar-refractivity contribution is 5.83. The lowest BCUT2D eigenvalue weighted by Crippen LogP contribution is -2.41. The lowest BCUT2D eigenvalue weighted by molar-refractivity contribution is 0.156. The second-order valence-electron chi connectivity index (χ2n) is 1.97. The second kappa shape index (κ2) is 7.65. The van der Waals surface area contributed by atoms with E-state index >= 15 is 0 Å². The van der Waals surface area contributed by atoms with Crippen molar-refractivity contribution >= 4 is 5.71 Å². The fraction of sp³-hybridized carbons (Fsp3) is 0.857. The summed E-state index contributed by atoms with van der Waals surface area (Å²) in [6.45, 7) is 5.15. The van der Waals surface area contributed by atoms with Gasteiger partial charge in [-0.2, -0.15) is 0 Å². The van der Waals surface area contributed by atoms with Crippen molar-refractivity contribution < 1.29 is 10.2 Å². The molecule has 0 rings (SSSR count). The molecular formula is C7H18N2O2. The van der Waals surface area contributed by atoms with E-state index in [0.717, 1.165) is 0 Å². The van der Waals surface area contributed by atoms with Gasteiger partial charge in [-0.3, -0.25) is 0 Å². The van der Waals surface area contributed by atoms with Crippen molar-refractivity contribution in [3.05, 3.63) is 0 Å². The van der Waals surface area contributed by atoms with Gasteiger partial charge in [0.25, 0.3) is 0 Å². The predicted octanol–water partition coefficient (Wildman–Crippen LogP) is -0.267. The number of nitrogens with two attached hydrogens (primary N) is 1. The second-order valence-corrected chi connectivity index (χ2v) is 1.97. The van der Waals surface area contributed by atoms with Crippen LogP contribution >= 0.6 is 0 Å². The molecule has 11 heavy (non-hydrogen) atoms. The third kappa shape index (κ3) is 5.97. The van der Waals surface area contributed by atoms with Crippen molar-refractivity contribution in [2.45, 2.75) is 32.9 Å². The number of rotatable bonds is 3. The van der Waals surface area contributed by atoms with Gasteiger partial charge in [0.15, 0.2) is 0 Å². The Morgan fingerprint density at radius 1 is 1.55 bits per heavy atom. The molecule has 4 heteroatoms. The fourth-order valence-electron chi connectivity index (χ4n) is 0.421. The molecule has 0 aromatic carbocycles. The molecule has 0 fully saturated rings. The number of nitrogens with one attached hydrogen (secondary N) is 1. The fourth-order valence-corrected chi connectivity index (χ4v) is 0.421. The molecule has 2 unspecified atom stereocenters. The summed E-state index contributed by atoms with van der Waals surface area (Å²) in [5.74, 6) is 0. The van der Waals surface area contributed by atoms with Crippen molar-refractivity contribution in [1.29, 1.82) is 5.41 Å². The van der Waals surface area contributed by atoms with Gasteiger partial charge in [-0.1, -0.05) is 13.8 Å². The van der Waals surface area contributed by atoms with Gasteiger partial charge in [0.1, 0.15) is 6.10 Å². The van der Waals surface area contributed by atoms with Gasteiger partial charge >= 0.3 is 0 Å². The summed E-state index contributed by atoms with van der Waals surface area (Å²) in [6.07, 6.45) is -1.00. The number of aliphatic hydroxyl groups excluding tert-OH is 2. The molecule has 0 aromatic rings. The van der Waals surface area contributed by atoms with E-state index < -0.39 is 12.1 Å². The zero-order chi connectivity index (χ0) is 9.44. The summed E-state index contributed by atoms with van der Waals surface area (Å²) in [5.41, 5.74) is 5.26. The molecule has 5 N–H and O–H groups in total. The SMILES string of the molecule is CC.CC(=N)C(O)C(N)CO. The van der Waals surface area contributed by atoms with Gasteiger partial charge in [0.05, 0.1) is 12.6 Å². The van der Waals surface area contributed by atoms with Crippen LogP contribution in [0.1, 0.15) is 20.8 Å². The molecule has 0 saturated carbocycles. The minimum absolute atomic E-state index is 0.0801. The molecule has 0 saturated heterocycles. The van der Waals surface area contributed by atoms with Crippen LogP contribution in [0.25, 0.3) is 0 Å². The average molecular weight is 162 g/mol. The van der Waals surface area contributed by atoms with Crippen molar-refractivity contribution in [1.82, 2.24) is 0 Å². The Bertz CT molecular complexity index is 107. The summed E-state index contributed by atoms with van der Waals surface area (Å²) in [5, 5.41) is 24.2. The summed E-state index contributed by atoms with van der Waals surface area (Å²) < 4.78 is 0. The van der Waals surface area contributed by atoms with Gasteiger partial charge in [0, 0.05) is 5.71 Å². The maximum Gasteiger partial charge on any atom is 0.108 e. The maximum absolute atomic E-state index is 8.89. The standard InChI is InChI=1S/C5H12N2O2.C2H6/c1-3(6)5(9)4(7)2-8;1-2/h4-6,8-9H,2,7H2,1H3;1-2H3. The van der Waals surface area contributed by atoms with Crippen LogP contribution in [0.15, 0.2) is 0 Å². The van der Waals surface area contributed by atoms with E-state index in [1.165, 1.54) is 6.92 Å². The average Bonchev–Trinajstić information content (AvgIpc) is 2.05. The number of hydrogen-bond donors (Lipinski definition) is 4. The maximum atomic E-state index is 8.89. The molecule has 0 spiro atoms. The smallest absolute Gasteiger partial charge is 0.108 e. The molecule has 0 amide bonds. The van der Waals surface area contributed by atoms with Crippen LogP contribution < -0.4 is 5.73 Å². The first-order valence-corrected chi connectivity index (χ1v) is 3.69. The van der Waals surface area contributed by atoms with E-state index in [1.54, 1.807) is 0 Å². The first kappa shape index (κ1) is 13.2. The zero-order valence-corrected chi connectivity index (χ0v) is 7.33. The van der Waals surface area contributed by atoms with Gasteiger partial charge in [-0.25, -0.2) is 0 Å². The van der Waals surface area contributed by atoms with Crippen molar-refractivity contribution in [3.8, 4) is 0 Å². The summed E-state index contributed by atoms with van der Waals surface area (Å²) in [6, 6.07) is -0.720. The molecule has 68 valence electrons. The van der Waals surface area contributed by atoms with Gasteiger partial charge < -0.3 is 21.4 Å². The molecule has 0 aliphatic heterocycles. The van der Waals surface area contributed by atoms with Gasteiger partial charge in [-0.15, -0.1) is 0 Å². The van der Waals surface area contributed by atoms with Crippen molar-refractivity contribution in [3.63, 3.8) is 0 Å². The topological polar surface area (TPSA) is 90.3 Å². The molecule has 0 radical (unpaired) electrons. The van der Waals surface area contributed by atoms with Gasteiger partial charge in [-0.05, 0) is 6.92 Å². The molecule has 0 aliphatic rings. The van der Waals surface area contributed by atoms with Crippen molar-refractivity contribution in [2.75, 3.05) is 6.61 Å². The highest BCUT2D eigenvalue weighted by Crippen LogP contribution is 1.89. The lowest BCUT2D eigenvalue weighted by atomic mass is 10.1. The first-order valence-electron chi connectivity index (χ1n) is 3.69. The molecule has 0 aliphatic carbocycles. The van der Waals surface area contributed by atoms with E-state index in [4.69, 9.17) is 21.4 Å². The van der Waals surface area contributed by atoms with Crippen LogP contribution in [0.4, 0.5) is 0 Å². The number of hydrogen-bond acceptors (Lipinski definition) is 4. The zero-order valence-electron chi connectivity index (χ0n) is 7.33. The molecule has 0 bridgehead atoms.